The minimum Gasteiger partial charge on any atom is -0.492 e. The molecule has 5 nitrogen and oxygen atoms in total. The second kappa shape index (κ2) is 10.8. The van der Waals surface area contributed by atoms with Crippen molar-refractivity contribution in [3.63, 3.8) is 0 Å². The van der Waals surface area contributed by atoms with Gasteiger partial charge < -0.3 is 15.4 Å². The first kappa shape index (κ1) is 19.2. The van der Waals surface area contributed by atoms with Crippen molar-refractivity contribution in [1.29, 1.82) is 0 Å². The number of hydrogen-bond acceptors (Lipinski definition) is 3. The van der Waals surface area contributed by atoms with E-state index in [0.29, 0.717) is 19.7 Å². The van der Waals surface area contributed by atoms with E-state index in [9.17, 15) is 0 Å². The Balaban J connectivity index is 0.00000264. The average Bonchev–Trinajstić information content (AvgIpc) is 2.56. The highest BCUT2D eigenvalue weighted by atomic mass is 127. The topological polar surface area (TPSA) is 58.5 Å². The molecule has 0 bridgehead atoms. The molecule has 1 aromatic carbocycles. The Kier molecular flexibility index (Phi) is 9.04. The zero-order valence-corrected chi connectivity index (χ0v) is 15.8. The van der Waals surface area contributed by atoms with Crippen LogP contribution in [0.4, 0.5) is 0 Å². The van der Waals surface area contributed by atoms with Crippen LogP contribution in [0.15, 0.2) is 53.7 Å². The van der Waals surface area contributed by atoms with E-state index in [4.69, 9.17) is 4.74 Å². The summed E-state index contributed by atoms with van der Waals surface area (Å²) in [5.74, 6) is 1.61. The fourth-order valence-electron chi connectivity index (χ4n) is 1.95. The minimum absolute atomic E-state index is 0. The van der Waals surface area contributed by atoms with E-state index in [-0.39, 0.29) is 24.0 Å². The van der Waals surface area contributed by atoms with Crippen LogP contribution >= 0.6 is 24.0 Å². The molecule has 0 radical (unpaired) electrons. The molecule has 2 rings (SSSR count). The lowest BCUT2D eigenvalue weighted by atomic mass is 10.2. The monoisotopic (exact) mass is 426 g/mol. The maximum absolute atomic E-state index is 5.63. The van der Waals surface area contributed by atoms with Gasteiger partial charge in [0.2, 0.25) is 0 Å². The Labute approximate surface area is 154 Å². The van der Waals surface area contributed by atoms with Crippen LogP contribution in [0, 0.1) is 6.92 Å². The van der Waals surface area contributed by atoms with Crippen LogP contribution in [0.2, 0.25) is 0 Å². The molecule has 0 aliphatic carbocycles. The molecule has 1 aromatic heterocycles. The second-order valence-electron chi connectivity index (χ2n) is 4.78. The van der Waals surface area contributed by atoms with E-state index in [1.807, 2.05) is 49.4 Å². The second-order valence-corrected chi connectivity index (χ2v) is 4.78. The SMILES string of the molecule is CN=C(NCCOc1ccccc1)NCc1ncccc1C.I. The molecule has 0 aliphatic heterocycles. The number of guanidine groups is 1. The van der Waals surface area contributed by atoms with Gasteiger partial charge in [-0.05, 0) is 30.7 Å². The van der Waals surface area contributed by atoms with E-state index in [1.165, 1.54) is 0 Å². The highest BCUT2D eigenvalue weighted by molar-refractivity contribution is 14.0. The lowest BCUT2D eigenvalue weighted by Crippen LogP contribution is -2.39. The number of benzene rings is 1. The molecule has 0 amide bonds. The summed E-state index contributed by atoms with van der Waals surface area (Å²) in [6.45, 7) is 3.95. The van der Waals surface area contributed by atoms with Crippen LogP contribution in [-0.4, -0.2) is 31.1 Å². The highest BCUT2D eigenvalue weighted by Gasteiger charge is 2.01. The van der Waals surface area contributed by atoms with Gasteiger partial charge in [-0.25, -0.2) is 0 Å². The Hall–Kier alpha value is -1.83. The van der Waals surface area contributed by atoms with Gasteiger partial charge in [-0.1, -0.05) is 24.3 Å². The van der Waals surface area contributed by atoms with Crippen LogP contribution in [0.1, 0.15) is 11.3 Å². The van der Waals surface area contributed by atoms with E-state index in [2.05, 4.69) is 20.6 Å². The van der Waals surface area contributed by atoms with Gasteiger partial charge in [-0.15, -0.1) is 24.0 Å². The quantitative estimate of drug-likeness (QED) is 0.323. The number of nitrogens with zero attached hydrogens (tertiary/aromatic N) is 2. The Morgan fingerprint density at radius 3 is 2.61 bits per heavy atom. The van der Waals surface area contributed by atoms with Crippen molar-refractivity contribution in [3.05, 3.63) is 59.9 Å². The number of para-hydroxylation sites is 1. The molecule has 0 aliphatic rings. The van der Waals surface area contributed by atoms with Gasteiger partial charge in [0.05, 0.1) is 18.8 Å². The summed E-state index contributed by atoms with van der Waals surface area (Å²) >= 11 is 0. The third kappa shape index (κ3) is 6.85. The molecule has 2 N–H and O–H groups in total. The van der Waals surface area contributed by atoms with Gasteiger partial charge in [0.15, 0.2) is 5.96 Å². The van der Waals surface area contributed by atoms with Gasteiger partial charge in [-0.3, -0.25) is 9.98 Å². The van der Waals surface area contributed by atoms with Gasteiger partial charge >= 0.3 is 0 Å². The maximum atomic E-state index is 5.63. The van der Waals surface area contributed by atoms with E-state index in [0.717, 1.165) is 23.0 Å². The van der Waals surface area contributed by atoms with Crippen molar-refractivity contribution in [2.75, 3.05) is 20.2 Å². The van der Waals surface area contributed by atoms with Crippen LogP contribution in [0.3, 0.4) is 0 Å². The number of halogens is 1. The molecule has 0 saturated carbocycles. The number of pyridine rings is 1. The maximum Gasteiger partial charge on any atom is 0.191 e. The molecule has 0 fully saturated rings. The van der Waals surface area contributed by atoms with Gasteiger partial charge in [0, 0.05) is 13.2 Å². The third-order valence-corrected chi connectivity index (χ3v) is 3.17. The van der Waals surface area contributed by atoms with Crippen molar-refractivity contribution < 1.29 is 4.74 Å². The Morgan fingerprint density at radius 1 is 1.13 bits per heavy atom. The van der Waals surface area contributed by atoms with Crippen molar-refractivity contribution in [2.24, 2.45) is 4.99 Å². The van der Waals surface area contributed by atoms with Crippen molar-refractivity contribution in [3.8, 4) is 5.75 Å². The summed E-state index contributed by atoms with van der Waals surface area (Å²) in [6.07, 6.45) is 1.80. The molecule has 1 heterocycles. The Bertz CT molecular complexity index is 605. The number of ether oxygens (including phenoxy) is 1. The predicted molar refractivity (Wildman–Crippen MR) is 105 cm³/mol. The first-order chi connectivity index (χ1) is 10.8. The number of hydrogen-bond donors (Lipinski definition) is 2. The first-order valence-electron chi connectivity index (χ1n) is 7.32. The molecule has 6 heteroatoms. The van der Waals surface area contributed by atoms with Crippen molar-refractivity contribution in [1.82, 2.24) is 15.6 Å². The molecule has 23 heavy (non-hydrogen) atoms. The Morgan fingerprint density at radius 2 is 1.91 bits per heavy atom. The largest absolute Gasteiger partial charge is 0.492 e. The molecular weight excluding hydrogens is 403 g/mol. The van der Waals surface area contributed by atoms with Crippen molar-refractivity contribution in [2.45, 2.75) is 13.5 Å². The number of aryl methyl sites for hydroxylation is 1. The van der Waals surface area contributed by atoms with E-state index in [1.54, 1.807) is 13.2 Å². The highest BCUT2D eigenvalue weighted by Crippen LogP contribution is 2.07. The van der Waals surface area contributed by atoms with E-state index >= 15 is 0 Å². The molecule has 0 atom stereocenters. The van der Waals surface area contributed by atoms with E-state index < -0.39 is 0 Å². The summed E-state index contributed by atoms with van der Waals surface area (Å²) in [7, 11) is 1.75. The van der Waals surface area contributed by atoms with Gasteiger partial charge in [0.1, 0.15) is 12.4 Å². The zero-order chi connectivity index (χ0) is 15.6. The zero-order valence-electron chi connectivity index (χ0n) is 13.5. The molecule has 0 saturated heterocycles. The minimum atomic E-state index is 0. The van der Waals surface area contributed by atoms with Crippen LogP contribution in [-0.2, 0) is 6.54 Å². The van der Waals surface area contributed by atoms with Gasteiger partial charge in [-0.2, -0.15) is 0 Å². The van der Waals surface area contributed by atoms with Crippen molar-refractivity contribution >= 4 is 29.9 Å². The molecule has 2 aromatic rings. The van der Waals surface area contributed by atoms with Crippen LogP contribution in [0.5, 0.6) is 5.75 Å². The number of rotatable bonds is 6. The first-order valence-corrected chi connectivity index (χ1v) is 7.32. The number of aromatic nitrogens is 1. The lowest BCUT2D eigenvalue weighted by molar-refractivity contribution is 0.322. The fourth-order valence-corrected chi connectivity index (χ4v) is 1.95. The summed E-state index contributed by atoms with van der Waals surface area (Å²) in [4.78, 5) is 8.54. The van der Waals surface area contributed by atoms with Gasteiger partial charge in [0.25, 0.3) is 0 Å². The molecule has 124 valence electrons. The normalized spacial score (nSPS) is 10.6. The van der Waals surface area contributed by atoms with Crippen LogP contribution < -0.4 is 15.4 Å². The third-order valence-electron chi connectivity index (χ3n) is 3.17. The lowest BCUT2D eigenvalue weighted by Gasteiger charge is -2.13. The molecule has 0 spiro atoms. The summed E-state index contributed by atoms with van der Waals surface area (Å²) in [5.41, 5.74) is 2.18. The number of nitrogens with one attached hydrogen (secondary N) is 2. The predicted octanol–water partition coefficient (Wildman–Crippen LogP) is 2.75. The smallest absolute Gasteiger partial charge is 0.191 e. The summed E-state index contributed by atoms with van der Waals surface area (Å²) in [5, 5.41) is 6.46. The summed E-state index contributed by atoms with van der Waals surface area (Å²) in [6, 6.07) is 13.8. The number of aliphatic imine (C=N–C) groups is 1. The average molecular weight is 426 g/mol. The summed E-state index contributed by atoms with van der Waals surface area (Å²) < 4.78 is 5.63. The standard InChI is InChI=1S/C17H22N4O.HI/c1-14-7-6-10-19-16(14)13-21-17(18-2)20-11-12-22-15-8-4-3-5-9-15;/h3-10H,11-13H2,1-2H3,(H2,18,20,21);1H. The fraction of sp³-hybridized carbons (Fsp3) is 0.294. The van der Waals surface area contributed by atoms with Crippen LogP contribution in [0.25, 0.3) is 0 Å². The molecular formula is C17H23IN4O. The molecule has 0 unspecified atom stereocenters.